The van der Waals surface area contributed by atoms with Gasteiger partial charge in [-0.1, -0.05) is 12.8 Å². The molecule has 0 aromatic heterocycles. The number of carbonyl (C=O) groups is 1. The lowest BCUT2D eigenvalue weighted by Gasteiger charge is -2.34. The molecule has 0 spiro atoms. The van der Waals surface area contributed by atoms with Crippen LogP contribution in [0.25, 0.3) is 0 Å². The molecule has 0 aliphatic heterocycles. The van der Waals surface area contributed by atoms with Crippen LogP contribution in [0, 0.1) is 0 Å². The Morgan fingerprint density at radius 2 is 1.88 bits per heavy atom. The summed E-state index contributed by atoms with van der Waals surface area (Å²) in [5.41, 5.74) is -0.981. The third-order valence-electron chi connectivity index (χ3n) is 3.05. The fraction of sp³-hybridized carbons (Fsp3) is 0.917. The molecule has 0 saturated heterocycles. The normalized spacial score (nSPS) is 21.6. The molecule has 1 fully saturated rings. The Kier molecular flexibility index (Phi) is 3.84. The highest BCUT2D eigenvalue weighted by Gasteiger charge is 2.40. The molecule has 0 heterocycles. The van der Waals surface area contributed by atoms with Crippen molar-refractivity contribution in [1.82, 2.24) is 5.32 Å². The molecule has 0 aromatic rings. The van der Waals surface area contributed by atoms with Gasteiger partial charge in [-0.3, -0.25) is 0 Å². The molecule has 4 heteroatoms. The predicted molar refractivity (Wildman–Crippen MR) is 62.2 cm³/mol. The van der Waals surface area contributed by atoms with E-state index in [2.05, 4.69) is 5.32 Å². The van der Waals surface area contributed by atoms with Crippen molar-refractivity contribution in [2.24, 2.45) is 0 Å². The minimum atomic E-state index is -0.539. The van der Waals surface area contributed by atoms with Gasteiger partial charge in [-0.15, -0.1) is 0 Å². The van der Waals surface area contributed by atoms with E-state index in [1.54, 1.807) is 6.92 Å². The molecule has 2 N–H and O–H groups in total. The molecule has 1 amide bonds. The number of nitrogens with one attached hydrogen (secondary N) is 1. The molecule has 0 radical (unpaired) electrons. The van der Waals surface area contributed by atoms with Gasteiger partial charge in [-0.25, -0.2) is 4.79 Å². The van der Waals surface area contributed by atoms with Crippen molar-refractivity contribution in [2.45, 2.75) is 70.6 Å². The summed E-state index contributed by atoms with van der Waals surface area (Å²) in [7, 11) is 0. The summed E-state index contributed by atoms with van der Waals surface area (Å²) in [5.74, 6) is 0. The topological polar surface area (TPSA) is 58.6 Å². The summed E-state index contributed by atoms with van der Waals surface area (Å²) in [6, 6.07) is 0. The van der Waals surface area contributed by atoms with Gasteiger partial charge in [-0.05, 0) is 40.5 Å². The van der Waals surface area contributed by atoms with Crippen LogP contribution in [0.15, 0.2) is 0 Å². The SMILES string of the molecule is CC(O)C1(NC(=O)OC(C)(C)C)CCCC1. The Morgan fingerprint density at radius 1 is 1.38 bits per heavy atom. The maximum Gasteiger partial charge on any atom is 0.408 e. The summed E-state index contributed by atoms with van der Waals surface area (Å²) in [4.78, 5) is 11.7. The van der Waals surface area contributed by atoms with Crippen molar-refractivity contribution in [1.29, 1.82) is 0 Å². The first-order valence-electron chi connectivity index (χ1n) is 5.94. The van der Waals surface area contributed by atoms with Crippen molar-refractivity contribution in [3.63, 3.8) is 0 Å². The van der Waals surface area contributed by atoms with Gasteiger partial charge >= 0.3 is 6.09 Å². The van der Waals surface area contributed by atoms with Crippen molar-refractivity contribution in [3.8, 4) is 0 Å². The zero-order valence-corrected chi connectivity index (χ0v) is 10.7. The van der Waals surface area contributed by atoms with Crippen molar-refractivity contribution < 1.29 is 14.6 Å². The largest absolute Gasteiger partial charge is 0.444 e. The maximum absolute atomic E-state index is 11.7. The summed E-state index contributed by atoms with van der Waals surface area (Å²) in [6.45, 7) is 7.21. The first-order valence-corrected chi connectivity index (χ1v) is 5.94. The van der Waals surface area contributed by atoms with Crippen LogP contribution in [0.3, 0.4) is 0 Å². The van der Waals surface area contributed by atoms with E-state index in [0.717, 1.165) is 25.7 Å². The first kappa shape index (κ1) is 13.3. The molecular formula is C12H23NO3. The summed E-state index contributed by atoms with van der Waals surface area (Å²) < 4.78 is 5.21. The smallest absolute Gasteiger partial charge is 0.408 e. The highest BCUT2D eigenvalue weighted by Crippen LogP contribution is 2.32. The highest BCUT2D eigenvalue weighted by atomic mass is 16.6. The van der Waals surface area contributed by atoms with Crippen LogP contribution < -0.4 is 5.32 Å². The number of aliphatic hydroxyl groups excluding tert-OH is 1. The molecule has 1 rings (SSSR count). The van der Waals surface area contributed by atoms with Gasteiger partial charge in [0, 0.05) is 0 Å². The molecule has 4 nitrogen and oxygen atoms in total. The molecule has 1 saturated carbocycles. The van der Waals surface area contributed by atoms with Gasteiger partial charge < -0.3 is 15.2 Å². The van der Waals surface area contributed by atoms with Crippen molar-refractivity contribution in [2.75, 3.05) is 0 Å². The minimum Gasteiger partial charge on any atom is -0.444 e. The second-order valence-corrected chi connectivity index (χ2v) is 5.67. The fourth-order valence-corrected chi connectivity index (χ4v) is 2.16. The quantitative estimate of drug-likeness (QED) is 0.763. The Hall–Kier alpha value is -0.770. The molecule has 1 aliphatic carbocycles. The number of aliphatic hydroxyl groups is 1. The van der Waals surface area contributed by atoms with Crippen LogP contribution >= 0.6 is 0 Å². The van der Waals surface area contributed by atoms with Crippen molar-refractivity contribution >= 4 is 6.09 Å². The fourth-order valence-electron chi connectivity index (χ4n) is 2.16. The second kappa shape index (κ2) is 4.62. The van der Waals surface area contributed by atoms with Gasteiger partial charge in [-0.2, -0.15) is 0 Å². The molecule has 94 valence electrons. The highest BCUT2D eigenvalue weighted by molar-refractivity contribution is 5.69. The van der Waals surface area contributed by atoms with Gasteiger partial charge in [0.2, 0.25) is 0 Å². The van der Waals surface area contributed by atoms with Crippen LogP contribution in [-0.2, 0) is 4.74 Å². The lowest BCUT2D eigenvalue weighted by Crippen LogP contribution is -2.54. The van der Waals surface area contributed by atoms with E-state index in [1.165, 1.54) is 0 Å². The second-order valence-electron chi connectivity index (χ2n) is 5.67. The van der Waals surface area contributed by atoms with Crippen LogP contribution in [0.5, 0.6) is 0 Å². The van der Waals surface area contributed by atoms with E-state index in [9.17, 15) is 9.90 Å². The molecule has 0 bridgehead atoms. The number of ether oxygens (including phenoxy) is 1. The monoisotopic (exact) mass is 229 g/mol. The number of hydrogen-bond donors (Lipinski definition) is 2. The lowest BCUT2D eigenvalue weighted by molar-refractivity contribution is 0.0268. The van der Waals surface area contributed by atoms with Crippen LogP contribution in [0.4, 0.5) is 4.79 Å². The molecule has 16 heavy (non-hydrogen) atoms. The Bertz CT molecular complexity index is 249. The van der Waals surface area contributed by atoms with E-state index in [0.29, 0.717) is 0 Å². The molecular weight excluding hydrogens is 206 g/mol. The summed E-state index contributed by atoms with van der Waals surface area (Å²) in [6.07, 6.45) is 2.76. The Morgan fingerprint density at radius 3 is 2.25 bits per heavy atom. The first-order chi connectivity index (χ1) is 7.25. The summed E-state index contributed by atoms with van der Waals surface area (Å²) in [5, 5.41) is 12.6. The summed E-state index contributed by atoms with van der Waals surface area (Å²) >= 11 is 0. The average Bonchev–Trinajstić information content (AvgIpc) is 2.49. The van der Waals surface area contributed by atoms with Gasteiger partial charge in [0.05, 0.1) is 11.6 Å². The van der Waals surface area contributed by atoms with E-state index in [-0.39, 0.29) is 0 Å². The number of rotatable bonds is 2. The number of carbonyl (C=O) groups excluding carboxylic acids is 1. The van der Waals surface area contributed by atoms with Gasteiger partial charge in [0.1, 0.15) is 5.60 Å². The standard InChI is InChI=1S/C12H23NO3/c1-9(14)12(7-5-6-8-12)13-10(15)16-11(2,3)4/h9,14H,5-8H2,1-4H3,(H,13,15). The number of hydrogen-bond acceptors (Lipinski definition) is 3. The van der Waals surface area contributed by atoms with Crippen LogP contribution in [0.1, 0.15) is 53.4 Å². The Labute approximate surface area is 97.4 Å². The van der Waals surface area contributed by atoms with Gasteiger partial charge in [0.15, 0.2) is 0 Å². The average molecular weight is 229 g/mol. The molecule has 1 aliphatic rings. The number of amides is 1. The van der Waals surface area contributed by atoms with E-state index < -0.39 is 23.3 Å². The lowest BCUT2D eigenvalue weighted by atomic mass is 9.92. The van der Waals surface area contributed by atoms with Gasteiger partial charge in [0.25, 0.3) is 0 Å². The number of alkyl carbamates (subject to hydrolysis) is 1. The molecule has 0 aromatic carbocycles. The molecule has 1 unspecified atom stereocenters. The zero-order valence-electron chi connectivity index (χ0n) is 10.7. The minimum absolute atomic E-state index is 0.435. The Balaban J connectivity index is 2.60. The van der Waals surface area contributed by atoms with Crippen LogP contribution in [0.2, 0.25) is 0 Å². The predicted octanol–water partition coefficient (Wildman–Crippen LogP) is 2.20. The zero-order chi connectivity index (χ0) is 12.4. The van der Waals surface area contributed by atoms with E-state index in [1.807, 2.05) is 20.8 Å². The molecule has 1 atom stereocenters. The van der Waals surface area contributed by atoms with Crippen molar-refractivity contribution in [3.05, 3.63) is 0 Å². The third kappa shape index (κ3) is 3.37. The van der Waals surface area contributed by atoms with E-state index >= 15 is 0 Å². The third-order valence-corrected chi connectivity index (χ3v) is 3.05. The van der Waals surface area contributed by atoms with E-state index in [4.69, 9.17) is 4.74 Å². The maximum atomic E-state index is 11.7. The van der Waals surface area contributed by atoms with Crippen LogP contribution in [-0.4, -0.2) is 28.4 Å².